The molecule has 1 heteroatoms. The van der Waals surface area contributed by atoms with Crippen LogP contribution >= 0.6 is 11.8 Å². The third-order valence-corrected chi connectivity index (χ3v) is 3.16. The molecule has 0 fully saturated rings. The van der Waals surface area contributed by atoms with E-state index in [1.807, 2.05) is 11.8 Å². The van der Waals surface area contributed by atoms with E-state index in [0.29, 0.717) is 0 Å². The standard InChI is InChI=1S/C13H18S/c1-10(2)7-8-14-13-9-11(3)5-6-12(13)4/h5-7,9H,8H2,1-4H3. The summed E-state index contributed by atoms with van der Waals surface area (Å²) in [5.74, 6) is 1.08. The number of aryl methyl sites for hydroxylation is 2. The van der Waals surface area contributed by atoms with Crippen molar-refractivity contribution in [3.05, 3.63) is 41.0 Å². The fourth-order valence-electron chi connectivity index (χ4n) is 1.16. The highest BCUT2D eigenvalue weighted by Crippen LogP contribution is 2.23. The summed E-state index contributed by atoms with van der Waals surface area (Å²) in [6.07, 6.45) is 2.27. The van der Waals surface area contributed by atoms with Gasteiger partial charge in [-0.1, -0.05) is 29.3 Å². The first kappa shape index (κ1) is 11.4. The molecule has 0 aliphatic heterocycles. The molecule has 0 nitrogen and oxygen atoms in total. The SMILES string of the molecule is CC(C)=CCSc1cc(C)ccc1C. The van der Waals surface area contributed by atoms with Gasteiger partial charge in [-0.3, -0.25) is 0 Å². The molecule has 1 aromatic carbocycles. The Labute approximate surface area is 91.4 Å². The second-order valence-corrected chi connectivity index (χ2v) is 4.92. The van der Waals surface area contributed by atoms with Crippen LogP contribution < -0.4 is 0 Å². The molecule has 1 aromatic rings. The molecule has 0 aliphatic carbocycles. The Morgan fingerprint density at radius 1 is 1.29 bits per heavy atom. The van der Waals surface area contributed by atoms with Crippen LogP contribution in [0, 0.1) is 13.8 Å². The number of hydrogen-bond acceptors (Lipinski definition) is 1. The van der Waals surface area contributed by atoms with Crippen LogP contribution in [0.4, 0.5) is 0 Å². The van der Waals surface area contributed by atoms with Gasteiger partial charge in [-0.05, 0) is 39.3 Å². The molecule has 0 atom stereocenters. The van der Waals surface area contributed by atoms with E-state index in [-0.39, 0.29) is 0 Å². The molecular formula is C13H18S. The summed E-state index contributed by atoms with van der Waals surface area (Å²) >= 11 is 1.91. The Hall–Kier alpha value is -0.690. The molecule has 0 amide bonds. The normalized spacial score (nSPS) is 10.0. The Balaban J connectivity index is 2.67. The van der Waals surface area contributed by atoms with Gasteiger partial charge < -0.3 is 0 Å². The van der Waals surface area contributed by atoms with E-state index in [0.717, 1.165) is 5.75 Å². The van der Waals surface area contributed by atoms with Crippen molar-refractivity contribution in [2.75, 3.05) is 5.75 Å². The molecule has 0 heterocycles. The average Bonchev–Trinajstić information content (AvgIpc) is 2.10. The largest absolute Gasteiger partial charge is 0.122 e. The minimum absolute atomic E-state index is 1.08. The van der Waals surface area contributed by atoms with Crippen LogP contribution in [0.15, 0.2) is 34.7 Å². The lowest BCUT2D eigenvalue weighted by molar-refractivity contribution is 1.26. The van der Waals surface area contributed by atoms with Crippen molar-refractivity contribution in [3.63, 3.8) is 0 Å². The van der Waals surface area contributed by atoms with Crippen LogP contribution in [-0.2, 0) is 0 Å². The van der Waals surface area contributed by atoms with Crippen LogP contribution in [0.2, 0.25) is 0 Å². The van der Waals surface area contributed by atoms with Gasteiger partial charge in [0.05, 0.1) is 0 Å². The van der Waals surface area contributed by atoms with Crippen molar-refractivity contribution in [1.82, 2.24) is 0 Å². The minimum Gasteiger partial charge on any atom is -0.122 e. The van der Waals surface area contributed by atoms with Gasteiger partial charge in [0, 0.05) is 10.6 Å². The van der Waals surface area contributed by atoms with Crippen molar-refractivity contribution < 1.29 is 0 Å². The summed E-state index contributed by atoms with van der Waals surface area (Å²) in [6.45, 7) is 8.60. The Kier molecular flexibility index (Phi) is 4.27. The molecule has 0 saturated heterocycles. The third-order valence-electron chi connectivity index (χ3n) is 2.07. The monoisotopic (exact) mass is 206 g/mol. The highest BCUT2D eigenvalue weighted by molar-refractivity contribution is 7.99. The van der Waals surface area contributed by atoms with Crippen molar-refractivity contribution in [2.45, 2.75) is 32.6 Å². The van der Waals surface area contributed by atoms with Crippen molar-refractivity contribution in [3.8, 4) is 0 Å². The zero-order valence-electron chi connectivity index (χ0n) is 9.42. The highest BCUT2D eigenvalue weighted by atomic mass is 32.2. The van der Waals surface area contributed by atoms with Crippen LogP contribution in [0.5, 0.6) is 0 Å². The Bertz CT molecular complexity index is 333. The number of benzene rings is 1. The van der Waals surface area contributed by atoms with Crippen LogP contribution in [-0.4, -0.2) is 5.75 Å². The summed E-state index contributed by atoms with van der Waals surface area (Å²) < 4.78 is 0. The van der Waals surface area contributed by atoms with Crippen molar-refractivity contribution >= 4 is 11.8 Å². The summed E-state index contributed by atoms with van der Waals surface area (Å²) in [5.41, 5.74) is 4.11. The van der Waals surface area contributed by atoms with Gasteiger partial charge in [0.15, 0.2) is 0 Å². The molecule has 0 aromatic heterocycles. The Morgan fingerprint density at radius 3 is 2.64 bits per heavy atom. The van der Waals surface area contributed by atoms with E-state index in [2.05, 4.69) is 52.0 Å². The molecule has 0 spiro atoms. The van der Waals surface area contributed by atoms with Gasteiger partial charge in [-0.15, -0.1) is 11.8 Å². The van der Waals surface area contributed by atoms with Crippen LogP contribution in [0.25, 0.3) is 0 Å². The molecule has 0 N–H and O–H groups in total. The van der Waals surface area contributed by atoms with E-state index in [9.17, 15) is 0 Å². The minimum atomic E-state index is 1.08. The predicted octanol–water partition coefficient (Wildman–Crippen LogP) is 4.36. The lowest BCUT2D eigenvalue weighted by atomic mass is 10.2. The smallest absolute Gasteiger partial charge is 0.0163 e. The molecule has 0 saturated carbocycles. The first-order valence-electron chi connectivity index (χ1n) is 4.93. The van der Waals surface area contributed by atoms with Gasteiger partial charge in [0.25, 0.3) is 0 Å². The zero-order valence-corrected chi connectivity index (χ0v) is 10.2. The second-order valence-electron chi connectivity index (χ2n) is 3.86. The fourth-order valence-corrected chi connectivity index (χ4v) is 2.32. The second kappa shape index (κ2) is 5.26. The quantitative estimate of drug-likeness (QED) is 0.523. The number of rotatable bonds is 3. The van der Waals surface area contributed by atoms with Gasteiger partial charge in [0.2, 0.25) is 0 Å². The van der Waals surface area contributed by atoms with Crippen LogP contribution in [0.1, 0.15) is 25.0 Å². The van der Waals surface area contributed by atoms with E-state index < -0.39 is 0 Å². The summed E-state index contributed by atoms with van der Waals surface area (Å²) in [6, 6.07) is 6.62. The third kappa shape index (κ3) is 3.59. The number of hydrogen-bond donors (Lipinski definition) is 0. The first-order valence-corrected chi connectivity index (χ1v) is 5.91. The predicted molar refractivity (Wildman–Crippen MR) is 66.1 cm³/mol. The van der Waals surface area contributed by atoms with Gasteiger partial charge in [0.1, 0.15) is 0 Å². The lowest BCUT2D eigenvalue weighted by Gasteiger charge is -2.04. The maximum Gasteiger partial charge on any atom is 0.0163 e. The number of allylic oxidation sites excluding steroid dienone is 1. The topological polar surface area (TPSA) is 0 Å². The molecule has 0 bridgehead atoms. The maximum absolute atomic E-state index is 2.27. The summed E-state index contributed by atoms with van der Waals surface area (Å²) in [5, 5.41) is 0. The maximum atomic E-state index is 2.27. The van der Waals surface area contributed by atoms with E-state index in [1.165, 1.54) is 21.6 Å². The van der Waals surface area contributed by atoms with E-state index >= 15 is 0 Å². The summed E-state index contributed by atoms with van der Waals surface area (Å²) in [4.78, 5) is 1.41. The molecule has 1 rings (SSSR count). The Morgan fingerprint density at radius 2 is 2.00 bits per heavy atom. The van der Waals surface area contributed by atoms with E-state index in [4.69, 9.17) is 0 Å². The average molecular weight is 206 g/mol. The van der Waals surface area contributed by atoms with Gasteiger partial charge in [-0.2, -0.15) is 0 Å². The first-order chi connectivity index (χ1) is 6.59. The fraction of sp³-hybridized carbons (Fsp3) is 0.385. The molecule has 0 aliphatic rings. The van der Waals surface area contributed by atoms with Crippen molar-refractivity contribution in [2.24, 2.45) is 0 Å². The van der Waals surface area contributed by atoms with Gasteiger partial charge >= 0.3 is 0 Å². The summed E-state index contributed by atoms with van der Waals surface area (Å²) in [7, 11) is 0. The molecule has 14 heavy (non-hydrogen) atoms. The zero-order chi connectivity index (χ0) is 10.6. The lowest BCUT2D eigenvalue weighted by Crippen LogP contribution is -1.82. The van der Waals surface area contributed by atoms with Gasteiger partial charge in [-0.25, -0.2) is 0 Å². The van der Waals surface area contributed by atoms with E-state index in [1.54, 1.807) is 0 Å². The van der Waals surface area contributed by atoms with Crippen molar-refractivity contribution in [1.29, 1.82) is 0 Å². The molecule has 0 radical (unpaired) electrons. The highest BCUT2D eigenvalue weighted by Gasteiger charge is 1.97. The molecule has 76 valence electrons. The van der Waals surface area contributed by atoms with Crippen LogP contribution in [0.3, 0.4) is 0 Å². The number of thioether (sulfide) groups is 1. The molecule has 0 unspecified atom stereocenters. The molecular weight excluding hydrogens is 188 g/mol.